The number of hydrogen-bond donors (Lipinski definition) is 1. The SMILES string of the molecule is COc1ccc(C(=O)N2CCc3ccc(NC(=O)CN(C4CCCCC4)S(=O)(=O)c4ccc(OC)c(OC)c4)cc32)cc1. The Kier molecular flexibility index (Phi) is 9.22. The largest absolute Gasteiger partial charge is 0.497 e. The molecule has 0 bridgehead atoms. The van der Waals surface area contributed by atoms with Crippen LogP contribution in [0.25, 0.3) is 0 Å². The standard InChI is InChI=1S/C32H37N3O7S/c1-40-26-13-10-23(11-14-26)32(37)34-18-17-22-9-12-24(19-28(22)34)33-31(36)21-35(25-7-5-4-6-8-25)43(38,39)27-15-16-29(41-2)30(20-27)42-3/h9-16,19-20,25H,4-8,17-18,21H2,1-3H3,(H,33,36). The first kappa shape index (κ1) is 30.4. The summed E-state index contributed by atoms with van der Waals surface area (Å²) in [6, 6.07) is 16.5. The van der Waals surface area contributed by atoms with Gasteiger partial charge in [-0.2, -0.15) is 4.31 Å². The Morgan fingerprint density at radius 1 is 0.884 bits per heavy atom. The number of anilines is 2. The molecule has 3 aromatic carbocycles. The van der Waals surface area contributed by atoms with E-state index < -0.39 is 15.9 Å². The molecule has 0 spiro atoms. The summed E-state index contributed by atoms with van der Waals surface area (Å²) in [6.07, 6.45) is 4.89. The second-order valence-electron chi connectivity index (χ2n) is 10.7. The maximum absolute atomic E-state index is 13.9. The summed E-state index contributed by atoms with van der Waals surface area (Å²) >= 11 is 0. The highest BCUT2D eigenvalue weighted by Crippen LogP contribution is 2.35. The van der Waals surface area contributed by atoms with Gasteiger partial charge >= 0.3 is 0 Å². The zero-order valence-electron chi connectivity index (χ0n) is 24.7. The summed E-state index contributed by atoms with van der Waals surface area (Å²) < 4.78 is 45.0. The lowest BCUT2D eigenvalue weighted by molar-refractivity contribution is -0.116. The maximum Gasteiger partial charge on any atom is 0.258 e. The van der Waals surface area contributed by atoms with Crippen molar-refractivity contribution < 1.29 is 32.2 Å². The van der Waals surface area contributed by atoms with Gasteiger partial charge in [0.2, 0.25) is 15.9 Å². The minimum atomic E-state index is -4.04. The molecule has 3 aromatic rings. The fourth-order valence-electron chi connectivity index (χ4n) is 5.79. The zero-order valence-corrected chi connectivity index (χ0v) is 25.5. The maximum atomic E-state index is 13.9. The van der Waals surface area contributed by atoms with Crippen molar-refractivity contribution in [3.63, 3.8) is 0 Å². The lowest BCUT2D eigenvalue weighted by Gasteiger charge is -2.33. The van der Waals surface area contributed by atoms with Crippen LogP contribution in [0.3, 0.4) is 0 Å². The summed E-state index contributed by atoms with van der Waals surface area (Å²) in [4.78, 5) is 28.4. The van der Waals surface area contributed by atoms with Gasteiger partial charge in [-0.05, 0) is 73.4 Å². The molecule has 1 heterocycles. The highest BCUT2D eigenvalue weighted by Gasteiger charge is 2.35. The molecule has 1 fully saturated rings. The molecule has 2 amide bonds. The van der Waals surface area contributed by atoms with Crippen LogP contribution in [-0.4, -0.2) is 65.0 Å². The summed E-state index contributed by atoms with van der Waals surface area (Å²) in [5, 5.41) is 2.88. The molecule has 1 N–H and O–H groups in total. The third-order valence-electron chi connectivity index (χ3n) is 8.09. The van der Waals surface area contributed by atoms with E-state index in [0.717, 1.165) is 30.5 Å². The van der Waals surface area contributed by atoms with Crippen LogP contribution in [0, 0.1) is 0 Å². The smallest absolute Gasteiger partial charge is 0.258 e. The van der Waals surface area contributed by atoms with E-state index in [9.17, 15) is 18.0 Å². The summed E-state index contributed by atoms with van der Waals surface area (Å²) in [5.41, 5.74) is 2.75. The number of ether oxygens (including phenoxy) is 3. The van der Waals surface area contributed by atoms with E-state index in [2.05, 4.69) is 5.32 Å². The van der Waals surface area contributed by atoms with Crippen LogP contribution in [0.15, 0.2) is 65.6 Å². The molecule has 43 heavy (non-hydrogen) atoms. The third-order valence-corrected chi connectivity index (χ3v) is 9.98. The Morgan fingerprint density at radius 2 is 1.60 bits per heavy atom. The molecular weight excluding hydrogens is 570 g/mol. The molecule has 10 nitrogen and oxygen atoms in total. The van der Waals surface area contributed by atoms with Crippen molar-refractivity contribution in [3.8, 4) is 17.2 Å². The Labute approximate surface area is 252 Å². The van der Waals surface area contributed by atoms with Gasteiger partial charge in [0.15, 0.2) is 11.5 Å². The molecular formula is C32H37N3O7S. The zero-order chi connectivity index (χ0) is 30.6. The number of amides is 2. The quantitative estimate of drug-likeness (QED) is 0.350. The predicted octanol–water partition coefficient (Wildman–Crippen LogP) is 4.88. The Balaban J connectivity index is 1.36. The van der Waals surface area contributed by atoms with Crippen molar-refractivity contribution >= 4 is 33.2 Å². The van der Waals surface area contributed by atoms with Crippen LogP contribution in [0.1, 0.15) is 48.0 Å². The monoisotopic (exact) mass is 607 g/mol. The van der Waals surface area contributed by atoms with Gasteiger partial charge in [0.25, 0.3) is 5.91 Å². The van der Waals surface area contributed by atoms with Crippen molar-refractivity contribution in [2.24, 2.45) is 0 Å². The van der Waals surface area contributed by atoms with Gasteiger partial charge in [0.1, 0.15) is 5.75 Å². The molecule has 1 aliphatic heterocycles. The highest BCUT2D eigenvalue weighted by molar-refractivity contribution is 7.89. The Morgan fingerprint density at radius 3 is 2.28 bits per heavy atom. The van der Waals surface area contributed by atoms with E-state index in [1.165, 1.54) is 30.7 Å². The van der Waals surface area contributed by atoms with Crippen LogP contribution < -0.4 is 24.4 Å². The lowest BCUT2D eigenvalue weighted by Crippen LogP contribution is -2.45. The van der Waals surface area contributed by atoms with Crippen LogP contribution in [-0.2, 0) is 21.2 Å². The number of nitrogens with zero attached hydrogens (tertiary/aromatic N) is 2. The van der Waals surface area contributed by atoms with Crippen LogP contribution in [0.4, 0.5) is 11.4 Å². The molecule has 2 aliphatic rings. The molecule has 0 saturated heterocycles. The van der Waals surface area contributed by atoms with Crippen molar-refractivity contribution in [2.75, 3.05) is 44.6 Å². The summed E-state index contributed by atoms with van der Waals surface area (Å²) in [6.45, 7) is 0.184. The molecule has 0 unspecified atom stereocenters. The Hall–Kier alpha value is -4.09. The number of carbonyl (C=O) groups excluding carboxylic acids is 2. The molecule has 0 radical (unpaired) electrons. The highest BCUT2D eigenvalue weighted by atomic mass is 32.2. The van der Waals surface area contributed by atoms with Crippen LogP contribution in [0.5, 0.6) is 17.2 Å². The fourth-order valence-corrected chi connectivity index (χ4v) is 7.45. The molecule has 1 saturated carbocycles. The van der Waals surface area contributed by atoms with E-state index in [0.29, 0.717) is 54.3 Å². The van der Waals surface area contributed by atoms with E-state index in [1.807, 2.05) is 6.07 Å². The predicted molar refractivity (Wildman–Crippen MR) is 164 cm³/mol. The van der Waals surface area contributed by atoms with Crippen molar-refractivity contribution in [2.45, 2.75) is 49.5 Å². The molecule has 1 aliphatic carbocycles. The van der Waals surface area contributed by atoms with Gasteiger partial charge in [-0.15, -0.1) is 0 Å². The van der Waals surface area contributed by atoms with Gasteiger partial charge in [-0.25, -0.2) is 8.42 Å². The normalized spacial score (nSPS) is 15.2. The number of carbonyl (C=O) groups is 2. The Bertz CT molecular complexity index is 1580. The minimum absolute atomic E-state index is 0.0359. The van der Waals surface area contributed by atoms with Gasteiger partial charge in [0, 0.05) is 35.6 Å². The minimum Gasteiger partial charge on any atom is -0.497 e. The van der Waals surface area contributed by atoms with Crippen molar-refractivity contribution in [1.29, 1.82) is 0 Å². The first-order valence-corrected chi connectivity index (χ1v) is 15.8. The first-order chi connectivity index (χ1) is 20.7. The van der Waals surface area contributed by atoms with Crippen LogP contribution in [0.2, 0.25) is 0 Å². The topological polar surface area (TPSA) is 114 Å². The number of benzene rings is 3. The summed E-state index contributed by atoms with van der Waals surface area (Å²) in [7, 11) is 0.468. The van der Waals surface area contributed by atoms with E-state index in [-0.39, 0.29) is 23.4 Å². The second-order valence-corrected chi connectivity index (χ2v) is 12.6. The van der Waals surface area contributed by atoms with Gasteiger partial charge in [-0.3, -0.25) is 9.59 Å². The summed E-state index contributed by atoms with van der Waals surface area (Å²) in [5.74, 6) is 0.775. The number of nitrogens with one attached hydrogen (secondary N) is 1. The van der Waals surface area contributed by atoms with E-state index in [4.69, 9.17) is 14.2 Å². The molecule has 0 atom stereocenters. The average molecular weight is 608 g/mol. The number of rotatable bonds is 10. The van der Waals surface area contributed by atoms with Crippen molar-refractivity contribution in [3.05, 3.63) is 71.8 Å². The number of sulfonamides is 1. The number of hydrogen-bond acceptors (Lipinski definition) is 7. The number of fused-ring (bicyclic) bond motifs is 1. The molecule has 0 aromatic heterocycles. The third kappa shape index (κ3) is 6.47. The number of methoxy groups -OCH3 is 3. The molecule has 228 valence electrons. The van der Waals surface area contributed by atoms with E-state index >= 15 is 0 Å². The fraction of sp³-hybridized carbons (Fsp3) is 0.375. The first-order valence-electron chi connectivity index (χ1n) is 14.4. The van der Waals surface area contributed by atoms with Gasteiger partial charge in [0.05, 0.1) is 32.8 Å². The van der Waals surface area contributed by atoms with Gasteiger partial charge in [-0.1, -0.05) is 25.3 Å². The lowest BCUT2D eigenvalue weighted by atomic mass is 9.95. The van der Waals surface area contributed by atoms with Gasteiger partial charge < -0.3 is 24.4 Å². The second kappa shape index (κ2) is 13.0. The van der Waals surface area contributed by atoms with Crippen molar-refractivity contribution in [1.82, 2.24) is 4.31 Å². The van der Waals surface area contributed by atoms with E-state index in [1.54, 1.807) is 54.5 Å². The molecule has 11 heteroatoms. The van der Waals surface area contributed by atoms with Crippen LogP contribution >= 0.6 is 0 Å². The molecule has 5 rings (SSSR count). The average Bonchev–Trinajstić information content (AvgIpc) is 3.46.